The van der Waals surface area contributed by atoms with E-state index in [4.69, 9.17) is 16.3 Å². The lowest BCUT2D eigenvalue weighted by atomic mass is 10.1. The summed E-state index contributed by atoms with van der Waals surface area (Å²) in [7, 11) is 0. The van der Waals surface area contributed by atoms with Crippen LogP contribution in [0.2, 0.25) is 5.02 Å². The highest BCUT2D eigenvalue weighted by Crippen LogP contribution is 2.26. The number of nitrogens with zero attached hydrogens (tertiary/aromatic N) is 3. The van der Waals surface area contributed by atoms with Gasteiger partial charge in [0.1, 0.15) is 5.60 Å². The average Bonchev–Trinajstić information content (AvgIpc) is 3.06. The molecule has 1 heterocycles. The zero-order valence-electron chi connectivity index (χ0n) is 20.9. The van der Waals surface area contributed by atoms with E-state index in [2.05, 4.69) is 10.4 Å². The highest BCUT2D eigenvalue weighted by atomic mass is 35.5. The van der Waals surface area contributed by atoms with Gasteiger partial charge in [0, 0.05) is 35.3 Å². The first kappa shape index (κ1) is 28.3. The van der Waals surface area contributed by atoms with Crippen LogP contribution < -0.4 is 11.0 Å². The molecule has 0 saturated carbocycles. The predicted octanol–water partition coefficient (Wildman–Crippen LogP) is 5.91. The number of halogens is 3. The maximum Gasteiger partial charge on any atom is 0.407 e. The van der Waals surface area contributed by atoms with E-state index in [1.165, 1.54) is 28.3 Å². The third-order valence-electron chi connectivity index (χ3n) is 5.01. The van der Waals surface area contributed by atoms with Crippen LogP contribution in [0.3, 0.4) is 0 Å². The molecule has 2 aromatic rings. The lowest BCUT2D eigenvalue weighted by Crippen LogP contribution is -2.33. The van der Waals surface area contributed by atoms with Gasteiger partial charge in [-0.1, -0.05) is 30.7 Å². The van der Waals surface area contributed by atoms with Gasteiger partial charge >= 0.3 is 11.8 Å². The number of rotatable bonds is 9. The van der Waals surface area contributed by atoms with E-state index < -0.39 is 29.7 Å². The number of hydrogen-bond donors (Lipinski definition) is 1. The van der Waals surface area contributed by atoms with Crippen molar-refractivity contribution in [3.63, 3.8) is 0 Å². The van der Waals surface area contributed by atoms with E-state index >= 15 is 0 Å². The summed E-state index contributed by atoms with van der Waals surface area (Å²) in [6, 6.07) is 5.23. The number of amides is 1. The molecule has 10 heteroatoms. The van der Waals surface area contributed by atoms with Gasteiger partial charge in [-0.05, 0) is 70.9 Å². The van der Waals surface area contributed by atoms with Crippen molar-refractivity contribution in [1.29, 1.82) is 0 Å². The summed E-state index contributed by atoms with van der Waals surface area (Å²) in [5.74, 6) is -0.609. The molecule has 2 rings (SSSR count). The first-order valence-corrected chi connectivity index (χ1v) is 11.8. The van der Waals surface area contributed by atoms with Crippen molar-refractivity contribution in [2.24, 2.45) is 5.92 Å². The van der Waals surface area contributed by atoms with Crippen molar-refractivity contribution >= 4 is 23.4 Å². The van der Waals surface area contributed by atoms with Gasteiger partial charge in [-0.15, -0.1) is 5.10 Å². The number of benzene rings is 1. The topological polar surface area (TPSA) is 78.2 Å². The molecular formula is C25H33ClF2N4O3. The number of hydrogen-bond acceptors (Lipinski definition) is 4. The summed E-state index contributed by atoms with van der Waals surface area (Å²) >= 11 is 6.10. The molecule has 192 valence electrons. The Morgan fingerprint density at radius 1 is 1.31 bits per heavy atom. The molecule has 1 unspecified atom stereocenters. The van der Waals surface area contributed by atoms with Gasteiger partial charge in [-0.2, -0.15) is 0 Å². The van der Waals surface area contributed by atoms with Crippen molar-refractivity contribution < 1.29 is 18.3 Å². The predicted molar refractivity (Wildman–Crippen MR) is 135 cm³/mol. The van der Waals surface area contributed by atoms with E-state index in [-0.39, 0.29) is 13.1 Å². The van der Waals surface area contributed by atoms with Crippen LogP contribution in [0.1, 0.15) is 46.6 Å². The Morgan fingerprint density at radius 3 is 2.57 bits per heavy atom. The SMILES string of the molecule is C/C=C(\C=C/C(C)C(F)F)n1c(-c2ccc(Cl)cc2C)nn(CCCNC(=O)OC(C)(C)C)c1=O. The number of carbonyl (C=O) groups is 1. The minimum atomic E-state index is -2.51. The second kappa shape index (κ2) is 12.2. The molecule has 1 aromatic heterocycles. The molecule has 0 aliphatic heterocycles. The van der Waals surface area contributed by atoms with Crippen LogP contribution in [0, 0.1) is 12.8 Å². The summed E-state index contributed by atoms with van der Waals surface area (Å²) in [4.78, 5) is 25.2. The number of aryl methyl sites for hydroxylation is 2. The Morgan fingerprint density at radius 2 is 2.00 bits per heavy atom. The van der Waals surface area contributed by atoms with Crippen molar-refractivity contribution in [2.75, 3.05) is 6.54 Å². The molecule has 0 spiro atoms. The molecule has 0 saturated heterocycles. The fraction of sp³-hybridized carbons (Fsp3) is 0.480. The molecule has 0 aliphatic rings. The normalized spacial score (nSPS) is 13.5. The second-order valence-electron chi connectivity index (χ2n) is 9.17. The van der Waals surface area contributed by atoms with Crippen molar-refractivity contribution in [3.05, 3.63) is 57.5 Å². The van der Waals surface area contributed by atoms with E-state index in [9.17, 15) is 18.4 Å². The summed E-state index contributed by atoms with van der Waals surface area (Å²) in [6.45, 7) is 10.8. The third kappa shape index (κ3) is 8.06. The zero-order chi connectivity index (χ0) is 26.3. The molecule has 0 fully saturated rings. The van der Waals surface area contributed by atoms with Crippen LogP contribution in [0.4, 0.5) is 13.6 Å². The summed E-state index contributed by atoms with van der Waals surface area (Å²) in [5, 5.41) is 7.74. The van der Waals surface area contributed by atoms with Gasteiger partial charge in [0.2, 0.25) is 6.43 Å². The van der Waals surface area contributed by atoms with Crippen LogP contribution in [0.15, 0.2) is 41.2 Å². The molecule has 0 bridgehead atoms. The maximum atomic E-state index is 13.3. The average molecular weight is 511 g/mol. The number of alkyl carbamates (subject to hydrolysis) is 1. The molecule has 1 N–H and O–H groups in total. The highest BCUT2D eigenvalue weighted by Gasteiger charge is 2.20. The van der Waals surface area contributed by atoms with Gasteiger partial charge in [0.05, 0.1) is 0 Å². The number of carbonyl (C=O) groups excluding carboxylic acids is 1. The van der Waals surface area contributed by atoms with E-state index in [1.54, 1.807) is 52.0 Å². The Hall–Kier alpha value is -2.94. The van der Waals surface area contributed by atoms with Crippen molar-refractivity contribution in [3.8, 4) is 11.4 Å². The van der Waals surface area contributed by atoms with Crippen LogP contribution in [0.5, 0.6) is 0 Å². The smallest absolute Gasteiger partial charge is 0.407 e. The largest absolute Gasteiger partial charge is 0.444 e. The molecule has 35 heavy (non-hydrogen) atoms. The Bertz CT molecular complexity index is 1150. The lowest BCUT2D eigenvalue weighted by molar-refractivity contribution is 0.0526. The number of ether oxygens (including phenoxy) is 1. The molecular weight excluding hydrogens is 478 g/mol. The van der Waals surface area contributed by atoms with Gasteiger partial charge in [-0.25, -0.2) is 27.6 Å². The molecule has 7 nitrogen and oxygen atoms in total. The number of nitrogens with one attached hydrogen (secondary N) is 1. The fourth-order valence-corrected chi connectivity index (χ4v) is 3.43. The van der Waals surface area contributed by atoms with Gasteiger partial charge in [0.25, 0.3) is 0 Å². The molecule has 1 atom stereocenters. The second-order valence-corrected chi connectivity index (χ2v) is 9.61. The Kier molecular flexibility index (Phi) is 9.82. The number of aromatic nitrogens is 3. The monoisotopic (exact) mass is 510 g/mol. The fourth-order valence-electron chi connectivity index (χ4n) is 3.21. The maximum absolute atomic E-state index is 13.3. The standard InChI is InChI=1S/C25H33ClF2N4O3/c1-7-19(11-9-16(2)21(27)28)32-22(20-12-10-18(26)15-17(20)3)30-31(24(32)34)14-8-13-29-23(33)35-25(4,5)6/h7,9-12,15-16,21H,8,13-14H2,1-6H3,(H,29,33)/b11-9-,19-7+. The van der Waals surface area contributed by atoms with E-state index in [0.29, 0.717) is 28.5 Å². The quantitative estimate of drug-likeness (QED) is 0.336. The van der Waals surface area contributed by atoms with E-state index in [0.717, 1.165) is 5.56 Å². The summed E-state index contributed by atoms with van der Waals surface area (Å²) in [6.07, 6.45) is 1.91. The first-order valence-electron chi connectivity index (χ1n) is 11.4. The Balaban J connectivity index is 2.37. The van der Waals surface area contributed by atoms with Crippen molar-refractivity contribution in [2.45, 2.75) is 66.5 Å². The van der Waals surface area contributed by atoms with Gasteiger partial charge in [-0.3, -0.25) is 0 Å². The highest BCUT2D eigenvalue weighted by molar-refractivity contribution is 6.30. The molecule has 0 radical (unpaired) electrons. The lowest BCUT2D eigenvalue weighted by Gasteiger charge is -2.19. The molecule has 1 aromatic carbocycles. The molecule has 0 aliphatic carbocycles. The number of alkyl halides is 2. The Labute approximate surface area is 209 Å². The zero-order valence-corrected chi connectivity index (χ0v) is 21.7. The van der Waals surface area contributed by atoms with Crippen molar-refractivity contribution in [1.82, 2.24) is 19.7 Å². The van der Waals surface area contributed by atoms with E-state index in [1.807, 2.05) is 6.92 Å². The number of allylic oxidation sites excluding steroid dienone is 4. The summed E-state index contributed by atoms with van der Waals surface area (Å²) < 4.78 is 33.9. The van der Waals surface area contributed by atoms with Crippen LogP contribution >= 0.6 is 11.6 Å². The van der Waals surface area contributed by atoms with Gasteiger partial charge < -0.3 is 10.1 Å². The first-order chi connectivity index (χ1) is 16.3. The third-order valence-corrected chi connectivity index (χ3v) is 5.24. The van der Waals surface area contributed by atoms with Crippen LogP contribution in [-0.2, 0) is 11.3 Å². The van der Waals surface area contributed by atoms with Crippen LogP contribution in [0.25, 0.3) is 17.1 Å². The van der Waals surface area contributed by atoms with Gasteiger partial charge in [0.15, 0.2) is 5.82 Å². The minimum Gasteiger partial charge on any atom is -0.444 e. The van der Waals surface area contributed by atoms with Crippen LogP contribution in [-0.4, -0.2) is 39.0 Å². The molecule has 1 amide bonds. The minimum absolute atomic E-state index is 0.232. The summed E-state index contributed by atoms with van der Waals surface area (Å²) in [5.41, 5.74) is 0.886.